The van der Waals surface area contributed by atoms with E-state index in [0.29, 0.717) is 23.5 Å². The van der Waals surface area contributed by atoms with Crippen LogP contribution >= 0.6 is 15.9 Å². The Morgan fingerprint density at radius 3 is 2.48 bits per heavy atom. The third-order valence-corrected chi connectivity index (χ3v) is 3.78. The lowest BCUT2D eigenvalue weighted by Gasteiger charge is -2.15. The lowest BCUT2D eigenvalue weighted by Crippen LogP contribution is -2.14. The Labute approximate surface area is 132 Å². The average Bonchev–Trinajstić information content (AvgIpc) is 2.50. The van der Waals surface area contributed by atoms with E-state index in [1.54, 1.807) is 32.4 Å². The number of halogens is 2. The van der Waals surface area contributed by atoms with Gasteiger partial charge in [0.15, 0.2) is 11.5 Å². The first-order chi connectivity index (χ1) is 10.0. The molecule has 0 saturated carbocycles. The van der Waals surface area contributed by atoms with Crippen LogP contribution in [0.3, 0.4) is 0 Å². The second-order valence-corrected chi connectivity index (χ2v) is 5.58. The molecule has 2 rings (SSSR count). The average molecular weight is 354 g/mol. The summed E-state index contributed by atoms with van der Waals surface area (Å²) in [5.74, 6) is 0.997. The molecule has 0 spiro atoms. The Bertz CT molecular complexity index is 634. The lowest BCUT2D eigenvalue weighted by molar-refractivity contribution is 0.354. The van der Waals surface area contributed by atoms with Gasteiger partial charge in [0.2, 0.25) is 0 Å². The maximum absolute atomic E-state index is 13.8. The van der Waals surface area contributed by atoms with Gasteiger partial charge in [0.05, 0.1) is 14.2 Å². The third kappa shape index (κ3) is 3.74. The number of hydrogen-bond donors (Lipinski definition) is 1. The molecule has 0 heterocycles. The van der Waals surface area contributed by atoms with E-state index in [9.17, 15) is 4.39 Å². The first kappa shape index (κ1) is 15.8. The zero-order valence-electron chi connectivity index (χ0n) is 11.9. The van der Waals surface area contributed by atoms with E-state index in [1.165, 1.54) is 6.07 Å². The first-order valence-corrected chi connectivity index (χ1v) is 7.26. The molecule has 3 nitrogen and oxygen atoms in total. The number of benzene rings is 2. The second kappa shape index (κ2) is 6.91. The van der Waals surface area contributed by atoms with Gasteiger partial charge in [0, 0.05) is 10.5 Å². The molecule has 5 heteroatoms. The number of nitrogens with two attached hydrogens (primary N) is 1. The predicted octanol–water partition coefficient (Wildman–Crippen LogP) is 3.85. The molecule has 0 bridgehead atoms. The molecular weight excluding hydrogens is 337 g/mol. The Morgan fingerprint density at radius 1 is 1.10 bits per heavy atom. The van der Waals surface area contributed by atoms with E-state index < -0.39 is 0 Å². The zero-order chi connectivity index (χ0) is 15.4. The van der Waals surface area contributed by atoms with Crippen molar-refractivity contribution in [2.24, 2.45) is 5.73 Å². The van der Waals surface area contributed by atoms with Gasteiger partial charge < -0.3 is 15.2 Å². The van der Waals surface area contributed by atoms with Crippen LogP contribution in [0.2, 0.25) is 0 Å². The van der Waals surface area contributed by atoms with Gasteiger partial charge in [-0.05, 0) is 47.9 Å². The second-order valence-electron chi connectivity index (χ2n) is 4.66. The summed E-state index contributed by atoms with van der Waals surface area (Å²) >= 11 is 3.34. The van der Waals surface area contributed by atoms with Crippen LogP contribution in [0, 0.1) is 5.82 Å². The standard InChI is InChI=1S/C16H17BrFNO2/c1-20-15-6-3-10(9-16(15)21-2)14(19)8-11-7-12(17)4-5-13(11)18/h3-7,9,14H,8,19H2,1-2H3. The first-order valence-electron chi connectivity index (χ1n) is 6.46. The Hall–Kier alpha value is -1.59. The molecule has 1 atom stereocenters. The number of ether oxygens (including phenoxy) is 2. The normalized spacial score (nSPS) is 12.0. The van der Waals surface area contributed by atoms with Crippen molar-refractivity contribution >= 4 is 15.9 Å². The van der Waals surface area contributed by atoms with Gasteiger partial charge in [0.25, 0.3) is 0 Å². The topological polar surface area (TPSA) is 44.5 Å². The number of hydrogen-bond acceptors (Lipinski definition) is 3. The minimum Gasteiger partial charge on any atom is -0.493 e. The van der Waals surface area contributed by atoms with Gasteiger partial charge in [-0.3, -0.25) is 0 Å². The van der Waals surface area contributed by atoms with Gasteiger partial charge in [0.1, 0.15) is 5.82 Å². The molecule has 1 unspecified atom stereocenters. The highest BCUT2D eigenvalue weighted by atomic mass is 79.9. The van der Waals surface area contributed by atoms with Crippen molar-refractivity contribution in [2.75, 3.05) is 14.2 Å². The van der Waals surface area contributed by atoms with Crippen LogP contribution < -0.4 is 15.2 Å². The highest BCUT2D eigenvalue weighted by Gasteiger charge is 2.13. The van der Waals surface area contributed by atoms with E-state index in [0.717, 1.165) is 10.0 Å². The highest BCUT2D eigenvalue weighted by Crippen LogP contribution is 2.30. The van der Waals surface area contributed by atoms with Crippen LogP contribution in [-0.2, 0) is 6.42 Å². The van der Waals surface area contributed by atoms with Gasteiger partial charge >= 0.3 is 0 Å². The fraction of sp³-hybridized carbons (Fsp3) is 0.250. The summed E-state index contributed by atoms with van der Waals surface area (Å²) in [4.78, 5) is 0. The van der Waals surface area contributed by atoms with E-state index in [1.807, 2.05) is 12.1 Å². The van der Waals surface area contributed by atoms with Crippen molar-refractivity contribution in [1.29, 1.82) is 0 Å². The van der Waals surface area contributed by atoms with Crippen molar-refractivity contribution in [2.45, 2.75) is 12.5 Å². The molecule has 2 N–H and O–H groups in total. The van der Waals surface area contributed by atoms with Gasteiger partial charge in [-0.25, -0.2) is 4.39 Å². The summed E-state index contributed by atoms with van der Waals surface area (Å²) < 4.78 is 25.1. The van der Waals surface area contributed by atoms with Crippen molar-refractivity contribution in [3.05, 3.63) is 57.8 Å². The maximum Gasteiger partial charge on any atom is 0.161 e. The molecule has 0 fully saturated rings. The molecule has 112 valence electrons. The Balaban J connectivity index is 2.24. The van der Waals surface area contributed by atoms with Crippen molar-refractivity contribution < 1.29 is 13.9 Å². The van der Waals surface area contributed by atoms with Crippen LogP contribution in [0.5, 0.6) is 11.5 Å². The number of methoxy groups -OCH3 is 2. The summed E-state index contributed by atoms with van der Waals surface area (Å²) in [6.45, 7) is 0. The molecule has 0 radical (unpaired) electrons. The van der Waals surface area contributed by atoms with Crippen molar-refractivity contribution in [1.82, 2.24) is 0 Å². The lowest BCUT2D eigenvalue weighted by atomic mass is 9.99. The molecule has 0 amide bonds. The summed E-state index contributed by atoms with van der Waals surface area (Å²) in [5, 5.41) is 0. The number of rotatable bonds is 5. The van der Waals surface area contributed by atoms with E-state index in [2.05, 4.69) is 15.9 Å². The predicted molar refractivity (Wildman–Crippen MR) is 84.3 cm³/mol. The zero-order valence-corrected chi connectivity index (χ0v) is 13.5. The smallest absolute Gasteiger partial charge is 0.161 e. The third-order valence-electron chi connectivity index (χ3n) is 3.28. The highest BCUT2D eigenvalue weighted by molar-refractivity contribution is 9.10. The van der Waals surface area contributed by atoms with Crippen molar-refractivity contribution in [3.8, 4) is 11.5 Å². The molecule has 0 saturated heterocycles. The molecule has 0 aliphatic rings. The summed E-state index contributed by atoms with van der Waals surface area (Å²) in [6, 6.07) is 10.00. The molecule has 2 aromatic rings. The van der Waals surface area contributed by atoms with Gasteiger partial charge in [-0.2, -0.15) is 0 Å². The van der Waals surface area contributed by atoms with E-state index >= 15 is 0 Å². The summed E-state index contributed by atoms with van der Waals surface area (Å²) in [7, 11) is 3.15. The van der Waals surface area contributed by atoms with Crippen LogP contribution in [0.25, 0.3) is 0 Å². The van der Waals surface area contributed by atoms with Crippen molar-refractivity contribution in [3.63, 3.8) is 0 Å². The monoisotopic (exact) mass is 353 g/mol. The molecule has 0 aliphatic heterocycles. The minimum absolute atomic E-state index is 0.255. The van der Waals surface area contributed by atoms with E-state index in [-0.39, 0.29) is 11.9 Å². The fourth-order valence-electron chi connectivity index (χ4n) is 2.14. The molecular formula is C16H17BrFNO2. The van der Waals surface area contributed by atoms with Gasteiger partial charge in [-0.15, -0.1) is 0 Å². The van der Waals surface area contributed by atoms with Crippen LogP contribution in [-0.4, -0.2) is 14.2 Å². The summed E-state index contributed by atoms with van der Waals surface area (Å²) in [6.07, 6.45) is 0.404. The molecule has 21 heavy (non-hydrogen) atoms. The molecule has 0 aromatic heterocycles. The summed E-state index contributed by atoms with van der Waals surface area (Å²) in [5.41, 5.74) is 7.63. The van der Waals surface area contributed by atoms with Crippen LogP contribution in [0.4, 0.5) is 4.39 Å². The fourth-order valence-corrected chi connectivity index (χ4v) is 2.55. The van der Waals surface area contributed by atoms with E-state index in [4.69, 9.17) is 15.2 Å². The molecule has 2 aromatic carbocycles. The minimum atomic E-state index is -0.325. The quantitative estimate of drug-likeness (QED) is 0.887. The maximum atomic E-state index is 13.8. The Kier molecular flexibility index (Phi) is 5.20. The molecule has 0 aliphatic carbocycles. The Morgan fingerprint density at radius 2 is 1.81 bits per heavy atom. The van der Waals surface area contributed by atoms with Crippen LogP contribution in [0.1, 0.15) is 17.2 Å². The van der Waals surface area contributed by atoms with Gasteiger partial charge in [-0.1, -0.05) is 22.0 Å². The van der Waals surface area contributed by atoms with Crippen LogP contribution in [0.15, 0.2) is 40.9 Å². The SMILES string of the molecule is COc1ccc(C(N)Cc2cc(Br)ccc2F)cc1OC. The largest absolute Gasteiger partial charge is 0.493 e.